The van der Waals surface area contributed by atoms with Crippen molar-refractivity contribution in [1.29, 1.82) is 0 Å². The van der Waals surface area contributed by atoms with Gasteiger partial charge >= 0.3 is 0 Å². The molecule has 25 heavy (non-hydrogen) atoms. The average Bonchev–Trinajstić information content (AvgIpc) is 2.98. The molecule has 0 saturated carbocycles. The van der Waals surface area contributed by atoms with E-state index >= 15 is 0 Å². The molecule has 0 fully saturated rings. The van der Waals surface area contributed by atoms with E-state index in [-0.39, 0.29) is 17.2 Å². The topological polar surface area (TPSA) is 88.5 Å². The van der Waals surface area contributed by atoms with E-state index in [1.807, 2.05) is 19.1 Å². The molecule has 0 unspecified atom stereocenters. The quantitative estimate of drug-likeness (QED) is 0.762. The zero-order valence-corrected chi connectivity index (χ0v) is 14.3. The van der Waals surface area contributed by atoms with Gasteiger partial charge < -0.3 is 24.7 Å². The molecule has 0 aliphatic carbocycles. The molecule has 1 radical (unpaired) electrons. The van der Waals surface area contributed by atoms with Crippen LogP contribution in [0.1, 0.15) is 17.0 Å². The predicted octanol–water partition coefficient (Wildman–Crippen LogP) is 3.88. The fraction of sp³-hybridized carbons (Fsp3) is 0.211. The summed E-state index contributed by atoms with van der Waals surface area (Å²) in [5.74, 6) is 1.67. The molecule has 2 N–H and O–H groups in total. The van der Waals surface area contributed by atoms with Crippen molar-refractivity contribution < 1.29 is 19.0 Å². The van der Waals surface area contributed by atoms with Gasteiger partial charge in [-0.2, -0.15) is 0 Å². The second kappa shape index (κ2) is 6.76. The number of oxazole rings is 1. The van der Waals surface area contributed by atoms with Gasteiger partial charge in [0.2, 0.25) is 11.6 Å². The zero-order chi connectivity index (χ0) is 18.0. The number of ether oxygens (including phenoxy) is 2. The fourth-order valence-corrected chi connectivity index (χ4v) is 2.55. The Morgan fingerprint density at radius 2 is 1.68 bits per heavy atom. The van der Waals surface area contributed by atoms with Crippen LogP contribution < -0.4 is 15.2 Å². The van der Waals surface area contributed by atoms with Crippen LogP contribution in [0.25, 0.3) is 11.5 Å². The Labute approximate surface area is 145 Å². The summed E-state index contributed by atoms with van der Waals surface area (Å²) in [6, 6.07) is 10.6. The maximum Gasteiger partial charge on any atom is 0.226 e. The Kier molecular flexibility index (Phi) is 4.52. The first-order valence-corrected chi connectivity index (χ1v) is 7.74. The first kappa shape index (κ1) is 16.7. The summed E-state index contributed by atoms with van der Waals surface area (Å²) in [6.45, 7) is 1.86. The van der Waals surface area contributed by atoms with Gasteiger partial charge in [0.25, 0.3) is 0 Å². The van der Waals surface area contributed by atoms with Crippen molar-refractivity contribution in [3.05, 3.63) is 53.4 Å². The van der Waals surface area contributed by atoms with Crippen molar-refractivity contribution in [2.45, 2.75) is 13.3 Å². The molecule has 0 saturated heterocycles. The van der Waals surface area contributed by atoms with Crippen LogP contribution in [-0.2, 0) is 6.42 Å². The average molecular weight is 339 g/mol. The maximum atomic E-state index is 10.0. The van der Waals surface area contributed by atoms with Gasteiger partial charge in [0, 0.05) is 12.0 Å². The van der Waals surface area contributed by atoms with Crippen LogP contribution in [0, 0.1) is 6.92 Å². The number of hydrogen-bond acceptors (Lipinski definition) is 5. The van der Waals surface area contributed by atoms with Crippen LogP contribution in [0.5, 0.6) is 17.2 Å². The molecule has 6 heteroatoms. The number of nitrogens with one attached hydrogen (secondary N) is 1. The minimum absolute atomic E-state index is 0.0623. The summed E-state index contributed by atoms with van der Waals surface area (Å²) in [7, 11) is 2.95. The minimum Gasteiger partial charge on any atom is -0.502 e. The van der Waals surface area contributed by atoms with Gasteiger partial charge in [0.1, 0.15) is 5.76 Å². The molecule has 0 bridgehead atoms. The Bertz CT molecular complexity index is 860. The van der Waals surface area contributed by atoms with Crippen molar-refractivity contribution in [3.8, 4) is 28.7 Å². The molecule has 1 heterocycles. The third-order valence-electron chi connectivity index (χ3n) is 3.94. The molecule has 3 rings (SSSR count). The largest absolute Gasteiger partial charge is 0.502 e. The van der Waals surface area contributed by atoms with Crippen molar-refractivity contribution in [2.24, 2.45) is 0 Å². The Balaban J connectivity index is 1.95. The summed E-state index contributed by atoms with van der Waals surface area (Å²) in [5.41, 5.74) is 10.6. The highest BCUT2D eigenvalue weighted by Gasteiger charge is 2.17. The second-order valence-corrected chi connectivity index (χ2v) is 5.62. The highest BCUT2D eigenvalue weighted by atomic mass is 16.5. The van der Waals surface area contributed by atoms with Gasteiger partial charge in [-0.3, -0.25) is 0 Å². The summed E-state index contributed by atoms with van der Waals surface area (Å²) in [4.78, 5) is 4.57. The van der Waals surface area contributed by atoms with E-state index in [2.05, 4.69) is 4.98 Å². The van der Waals surface area contributed by atoms with Crippen LogP contribution in [0.4, 0.5) is 5.69 Å². The third kappa shape index (κ3) is 3.38. The smallest absolute Gasteiger partial charge is 0.226 e. The van der Waals surface area contributed by atoms with Gasteiger partial charge in [-0.1, -0.05) is 12.1 Å². The van der Waals surface area contributed by atoms with Gasteiger partial charge in [0.15, 0.2) is 11.5 Å². The second-order valence-electron chi connectivity index (χ2n) is 5.62. The molecular formula is C19H19N2O4. The predicted molar refractivity (Wildman–Crippen MR) is 93.4 cm³/mol. The lowest BCUT2D eigenvalue weighted by molar-refractivity contribution is 0.340. The molecule has 1 aromatic heterocycles. The molecule has 2 aromatic carbocycles. The molecule has 6 nitrogen and oxygen atoms in total. The van der Waals surface area contributed by atoms with Crippen molar-refractivity contribution in [2.75, 3.05) is 14.2 Å². The molecule has 0 amide bonds. The standard InChI is InChI=1S/C19H19N2O4/c1-11-15(8-12-4-6-14(20)7-5-12)21-19(25-11)13-9-16(23-2)18(22)17(10-13)24-3/h4-7,9-10,20,22H,8H2,1-3H3. The lowest BCUT2D eigenvalue weighted by Crippen LogP contribution is -1.92. The highest BCUT2D eigenvalue weighted by Crippen LogP contribution is 2.40. The van der Waals surface area contributed by atoms with E-state index in [1.165, 1.54) is 14.2 Å². The Morgan fingerprint density at radius 1 is 1.08 bits per heavy atom. The van der Waals surface area contributed by atoms with Crippen molar-refractivity contribution in [3.63, 3.8) is 0 Å². The number of methoxy groups -OCH3 is 2. The summed E-state index contributed by atoms with van der Waals surface area (Å²) in [6.07, 6.45) is 0.613. The lowest BCUT2D eigenvalue weighted by atomic mass is 10.1. The van der Waals surface area contributed by atoms with E-state index in [0.29, 0.717) is 23.6 Å². The van der Waals surface area contributed by atoms with E-state index in [4.69, 9.17) is 19.6 Å². The fourth-order valence-electron chi connectivity index (χ4n) is 2.55. The van der Waals surface area contributed by atoms with Crippen LogP contribution in [0.2, 0.25) is 0 Å². The molecule has 0 aliphatic rings. The Morgan fingerprint density at radius 3 is 2.24 bits per heavy atom. The SMILES string of the molecule is COc1cc(-c2nc(Cc3ccc([NH])cc3)c(C)o2)cc(OC)c1O. The van der Waals surface area contributed by atoms with E-state index in [0.717, 1.165) is 17.0 Å². The lowest BCUT2D eigenvalue weighted by Gasteiger charge is -2.09. The van der Waals surface area contributed by atoms with Gasteiger partial charge in [-0.25, -0.2) is 4.98 Å². The first-order valence-electron chi connectivity index (χ1n) is 7.74. The van der Waals surface area contributed by atoms with E-state index < -0.39 is 0 Å². The van der Waals surface area contributed by atoms with Gasteiger partial charge in [0.05, 0.1) is 25.6 Å². The first-order chi connectivity index (χ1) is 12.0. The molecular weight excluding hydrogens is 320 g/mol. The molecule has 3 aromatic rings. The normalized spacial score (nSPS) is 10.7. The summed E-state index contributed by atoms with van der Waals surface area (Å²) < 4.78 is 16.1. The van der Waals surface area contributed by atoms with Crippen LogP contribution >= 0.6 is 0 Å². The monoisotopic (exact) mass is 339 g/mol. The number of nitrogens with zero attached hydrogens (tertiary/aromatic N) is 1. The number of aromatic nitrogens is 1. The van der Waals surface area contributed by atoms with Gasteiger partial charge in [-0.15, -0.1) is 0 Å². The van der Waals surface area contributed by atoms with E-state index in [9.17, 15) is 5.11 Å². The van der Waals surface area contributed by atoms with Crippen LogP contribution in [0.15, 0.2) is 40.8 Å². The molecule has 0 spiro atoms. The van der Waals surface area contributed by atoms with Crippen LogP contribution in [0.3, 0.4) is 0 Å². The molecule has 0 atom stereocenters. The summed E-state index contributed by atoms with van der Waals surface area (Å²) in [5, 5.41) is 10.0. The molecule has 0 aliphatic heterocycles. The van der Waals surface area contributed by atoms with E-state index in [1.54, 1.807) is 24.3 Å². The third-order valence-corrected chi connectivity index (χ3v) is 3.94. The van der Waals surface area contributed by atoms with Gasteiger partial charge in [-0.05, 0) is 36.8 Å². The number of aryl methyl sites for hydroxylation is 1. The van der Waals surface area contributed by atoms with Crippen LogP contribution in [-0.4, -0.2) is 24.3 Å². The highest BCUT2D eigenvalue weighted by molar-refractivity contribution is 5.65. The number of phenols is 1. The number of hydrogen-bond donors (Lipinski definition) is 1. The number of benzene rings is 2. The molecule has 129 valence electrons. The minimum atomic E-state index is -0.0623. The summed E-state index contributed by atoms with van der Waals surface area (Å²) >= 11 is 0. The number of rotatable bonds is 5. The number of phenolic OH excluding ortho intramolecular Hbond substituents is 1. The van der Waals surface area contributed by atoms with Crippen molar-refractivity contribution in [1.82, 2.24) is 10.7 Å². The zero-order valence-electron chi connectivity index (χ0n) is 14.3. The number of aromatic hydroxyl groups is 1. The maximum absolute atomic E-state index is 10.0. The Hall–Kier alpha value is -3.15. The van der Waals surface area contributed by atoms with Crippen molar-refractivity contribution >= 4 is 5.69 Å².